The number of benzene rings is 3. The lowest BCUT2D eigenvalue weighted by molar-refractivity contribution is -0.115. The average Bonchev–Trinajstić information content (AvgIpc) is 2.83. The molecule has 3 aromatic carbocycles. The first-order valence-electron chi connectivity index (χ1n) is 10.5. The molecule has 3 N–H and O–H groups in total. The number of thioether (sulfide) groups is 1. The highest BCUT2D eigenvalue weighted by Crippen LogP contribution is 2.29. The minimum absolute atomic E-state index is 0.0788. The Morgan fingerprint density at radius 2 is 1.71 bits per heavy atom. The number of carbonyl (C=O) groups is 3. The molecule has 0 aliphatic carbocycles. The van der Waals surface area contributed by atoms with Crippen molar-refractivity contribution in [3.8, 4) is 0 Å². The third-order valence-electron chi connectivity index (χ3n) is 4.73. The Morgan fingerprint density at radius 1 is 0.971 bits per heavy atom. The van der Waals surface area contributed by atoms with Crippen LogP contribution in [0.25, 0.3) is 6.08 Å². The highest BCUT2D eigenvalue weighted by atomic mass is 35.5. The fourth-order valence-electron chi connectivity index (χ4n) is 3.04. The highest BCUT2D eigenvalue weighted by molar-refractivity contribution is 8.00. The van der Waals surface area contributed by atoms with Crippen LogP contribution in [0.2, 0.25) is 5.02 Å². The van der Waals surface area contributed by atoms with Crippen molar-refractivity contribution in [2.75, 3.05) is 10.6 Å². The van der Waals surface area contributed by atoms with Crippen molar-refractivity contribution < 1.29 is 19.5 Å². The van der Waals surface area contributed by atoms with Gasteiger partial charge in [0.05, 0.1) is 15.8 Å². The Balaban J connectivity index is 1.63. The van der Waals surface area contributed by atoms with Gasteiger partial charge in [-0.15, -0.1) is 11.8 Å². The predicted octanol–water partition coefficient (Wildman–Crippen LogP) is 6.20. The zero-order valence-electron chi connectivity index (χ0n) is 18.3. The second kappa shape index (κ2) is 12.1. The SMILES string of the molecule is CCC(Sc1cccc(NC(=O)/C=C/c2ccccc2)c1)C(=O)Nc1ccc(Cl)c(C(=O)O)c1. The van der Waals surface area contributed by atoms with Gasteiger partial charge in [0.1, 0.15) is 0 Å². The number of rotatable bonds is 9. The van der Waals surface area contributed by atoms with E-state index in [1.807, 2.05) is 49.4 Å². The molecule has 1 atom stereocenters. The minimum atomic E-state index is -1.17. The Bertz CT molecular complexity index is 1210. The second-order valence-electron chi connectivity index (χ2n) is 7.26. The van der Waals surface area contributed by atoms with E-state index < -0.39 is 11.2 Å². The molecule has 0 aromatic heterocycles. The number of anilines is 2. The molecule has 0 aliphatic rings. The molecule has 0 saturated carbocycles. The molecule has 34 heavy (non-hydrogen) atoms. The number of aromatic carboxylic acids is 1. The molecular formula is C26H23ClN2O4S. The van der Waals surface area contributed by atoms with Gasteiger partial charge in [-0.2, -0.15) is 0 Å². The fraction of sp³-hybridized carbons (Fsp3) is 0.115. The lowest BCUT2D eigenvalue weighted by Gasteiger charge is -2.16. The molecule has 174 valence electrons. The van der Waals surface area contributed by atoms with Crippen molar-refractivity contribution in [3.63, 3.8) is 0 Å². The number of carbonyl (C=O) groups excluding carboxylic acids is 2. The van der Waals surface area contributed by atoms with Crippen molar-refractivity contribution in [1.29, 1.82) is 0 Å². The lowest BCUT2D eigenvalue weighted by Crippen LogP contribution is -2.24. The predicted molar refractivity (Wildman–Crippen MR) is 138 cm³/mol. The number of hydrogen-bond donors (Lipinski definition) is 3. The van der Waals surface area contributed by atoms with Crippen LogP contribution < -0.4 is 10.6 Å². The molecule has 0 bridgehead atoms. The van der Waals surface area contributed by atoms with Gasteiger partial charge in [-0.05, 0) is 54.5 Å². The van der Waals surface area contributed by atoms with Crippen LogP contribution in [0.5, 0.6) is 0 Å². The molecule has 2 amide bonds. The summed E-state index contributed by atoms with van der Waals surface area (Å²) in [6, 6.07) is 21.1. The zero-order valence-corrected chi connectivity index (χ0v) is 19.9. The maximum Gasteiger partial charge on any atom is 0.337 e. The first kappa shape index (κ1) is 25.1. The van der Waals surface area contributed by atoms with Crippen molar-refractivity contribution in [1.82, 2.24) is 0 Å². The molecule has 3 rings (SSSR count). The van der Waals surface area contributed by atoms with Crippen LogP contribution in [-0.2, 0) is 9.59 Å². The smallest absolute Gasteiger partial charge is 0.337 e. The standard InChI is InChI=1S/C26H23ClN2O4S/c1-2-23(25(31)29-19-12-13-22(27)21(16-19)26(32)33)34-20-10-6-9-18(15-20)28-24(30)14-11-17-7-4-3-5-8-17/h3-16,23H,2H2,1H3,(H,28,30)(H,29,31)(H,32,33)/b14-11+. The monoisotopic (exact) mass is 494 g/mol. The van der Waals surface area contributed by atoms with Crippen molar-refractivity contribution in [2.45, 2.75) is 23.5 Å². The van der Waals surface area contributed by atoms with Gasteiger partial charge >= 0.3 is 5.97 Å². The summed E-state index contributed by atoms with van der Waals surface area (Å²) in [5, 5.41) is 14.5. The maximum atomic E-state index is 12.8. The second-order valence-corrected chi connectivity index (χ2v) is 8.95. The summed E-state index contributed by atoms with van der Waals surface area (Å²) in [5.74, 6) is -1.68. The van der Waals surface area contributed by atoms with Crippen molar-refractivity contribution in [2.24, 2.45) is 0 Å². The van der Waals surface area contributed by atoms with E-state index in [4.69, 9.17) is 11.6 Å². The van der Waals surface area contributed by atoms with Gasteiger partial charge in [0.2, 0.25) is 11.8 Å². The summed E-state index contributed by atoms with van der Waals surface area (Å²) in [6.07, 6.45) is 3.75. The van der Waals surface area contributed by atoms with Gasteiger partial charge < -0.3 is 15.7 Å². The number of amides is 2. The number of carboxylic acids is 1. The molecule has 0 aliphatic heterocycles. The van der Waals surface area contributed by atoms with E-state index in [0.717, 1.165) is 10.5 Å². The van der Waals surface area contributed by atoms with E-state index in [1.54, 1.807) is 24.3 Å². The first-order chi connectivity index (χ1) is 16.4. The molecule has 8 heteroatoms. The van der Waals surface area contributed by atoms with Crippen LogP contribution in [0.15, 0.2) is 83.8 Å². The van der Waals surface area contributed by atoms with Crippen LogP contribution in [-0.4, -0.2) is 28.1 Å². The third kappa shape index (κ3) is 7.23. The van der Waals surface area contributed by atoms with Gasteiger partial charge in [-0.3, -0.25) is 9.59 Å². The lowest BCUT2D eigenvalue weighted by atomic mass is 10.2. The topological polar surface area (TPSA) is 95.5 Å². The van der Waals surface area contributed by atoms with Crippen LogP contribution in [0.4, 0.5) is 11.4 Å². The van der Waals surface area contributed by atoms with Gasteiger partial charge in [-0.1, -0.05) is 54.9 Å². The molecule has 0 saturated heterocycles. The maximum absolute atomic E-state index is 12.8. The Kier molecular flexibility index (Phi) is 8.90. The number of halogens is 1. The normalized spacial score (nSPS) is 11.7. The van der Waals surface area contributed by atoms with Crippen LogP contribution in [0.1, 0.15) is 29.3 Å². The van der Waals surface area contributed by atoms with Crippen LogP contribution >= 0.6 is 23.4 Å². The van der Waals surface area contributed by atoms with Gasteiger partial charge in [0.15, 0.2) is 0 Å². The Labute approximate surface area is 207 Å². The highest BCUT2D eigenvalue weighted by Gasteiger charge is 2.19. The van der Waals surface area contributed by atoms with Crippen LogP contribution in [0, 0.1) is 0 Å². The van der Waals surface area contributed by atoms with Crippen molar-refractivity contribution >= 4 is 58.6 Å². The summed E-state index contributed by atoms with van der Waals surface area (Å²) in [6.45, 7) is 1.89. The number of carboxylic acid groups (broad SMARTS) is 1. The van der Waals surface area contributed by atoms with Gasteiger partial charge in [0.25, 0.3) is 0 Å². The zero-order chi connectivity index (χ0) is 24.5. The average molecular weight is 495 g/mol. The van der Waals surface area contributed by atoms with E-state index in [0.29, 0.717) is 17.8 Å². The molecule has 0 radical (unpaired) electrons. The molecular weight excluding hydrogens is 472 g/mol. The van der Waals surface area contributed by atoms with E-state index in [-0.39, 0.29) is 22.4 Å². The molecule has 0 fully saturated rings. The number of nitrogens with one attached hydrogen (secondary N) is 2. The quantitative estimate of drug-likeness (QED) is 0.243. The molecule has 6 nitrogen and oxygen atoms in total. The largest absolute Gasteiger partial charge is 0.478 e. The fourth-order valence-corrected chi connectivity index (χ4v) is 4.26. The summed E-state index contributed by atoms with van der Waals surface area (Å²) in [7, 11) is 0. The summed E-state index contributed by atoms with van der Waals surface area (Å²) < 4.78 is 0. The Hall–Kier alpha value is -3.55. The molecule has 3 aromatic rings. The van der Waals surface area contributed by atoms with E-state index in [1.165, 1.54) is 30.0 Å². The van der Waals surface area contributed by atoms with E-state index >= 15 is 0 Å². The summed E-state index contributed by atoms with van der Waals surface area (Å²) in [5.41, 5.74) is 1.82. The van der Waals surface area contributed by atoms with E-state index in [2.05, 4.69) is 10.6 Å². The molecule has 0 heterocycles. The van der Waals surface area contributed by atoms with Gasteiger partial charge in [-0.25, -0.2) is 4.79 Å². The summed E-state index contributed by atoms with van der Waals surface area (Å²) in [4.78, 5) is 37.2. The molecule has 0 spiro atoms. The third-order valence-corrected chi connectivity index (χ3v) is 6.42. The summed E-state index contributed by atoms with van der Waals surface area (Å²) >= 11 is 7.25. The van der Waals surface area contributed by atoms with Crippen LogP contribution in [0.3, 0.4) is 0 Å². The minimum Gasteiger partial charge on any atom is -0.478 e. The van der Waals surface area contributed by atoms with Crippen molar-refractivity contribution in [3.05, 3.63) is 95.0 Å². The first-order valence-corrected chi connectivity index (χ1v) is 11.8. The van der Waals surface area contributed by atoms with E-state index in [9.17, 15) is 19.5 Å². The number of hydrogen-bond acceptors (Lipinski definition) is 4. The van der Waals surface area contributed by atoms with Gasteiger partial charge in [0, 0.05) is 22.3 Å². The molecule has 1 unspecified atom stereocenters. The Morgan fingerprint density at radius 3 is 2.41 bits per heavy atom.